The number of rotatable bonds is 10. The summed E-state index contributed by atoms with van der Waals surface area (Å²) in [5.74, 6) is 0. The van der Waals surface area contributed by atoms with Crippen molar-refractivity contribution in [1.82, 2.24) is 10.2 Å². The lowest BCUT2D eigenvalue weighted by Gasteiger charge is -2.39. The van der Waals surface area contributed by atoms with Gasteiger partial charge in [-0.05, 0) is 38.6 Å². The minimum Gasteiger partial charge on any atom is -0.383 e. The number of nitrogens with zero attached hydrogens (tertiary/aromatic N) is 1. The molecule has 3 nitrogen and oxygen atoms in total. The summed E-state index contributed by atoms with van der Waals surface area (Å²) >= 11 is 0. The Bertz CT molecular complexity index is 223. The third kappa shape index (κ3) is 5.05. The van der Waals surface area contributed by atoms with Crippen LogP contribution in [0.3, 0.4) is 0 Å². The van der Waals surface area contributed by atoms with E-state index in [1.165, 1.54) is 51.6 Å². The summed E-state index contributed by atoms with van der Waals surface area (Å²) in [5.41, 5.74) is 0.366. The molecule has 0 radical (unpaired) electrons. The fourth-order valence-electron chi connectivity index (χ4n) is 3.57. The van der Waals surface area contributed by atoms with Gasteiger partial charge in [-0.1, -0.05) is 27.2 Å². The first-order valence-electron chi connectivity index (χ1n) is 8.19. The third-order valence-electron chi connectivity index (χ3n) is 4.61. The summed E-state index contributed by atoms with van der Waals surface area (Å²) in [6.07, 6.45) is 7.72. The summed E-state index contributed by atoms with van der Waals surface area (Å²) in [4.78, 5) is 2.66. The minimum absolute atomic E-state index is 0.366. The Morgan fingerprint density at radius 3 is 2.47 bits per heavy atom. The molecule has 0 spiro atoms. The van der Waals surface area contributed by atoms with Crippen molar-refractivity contribution in [3.05, 3.63) is 0 Å². The quantitative estimate of drug-likeness (QED) is 0.660. The summed E-state index contributed by atoms with van der Waals surface area (Å²) in [7, 11) is 1.81. The number of hydrogen-bond donors (Lipinski definition) is 1. The molecule has 1 unspecified atom stereocenters. The van der Waals surface area contributed by atoms with Crippen LogP contribution < -0.4 is 5.32 Å². The minimum atomic E-state index is 0.366. The van der Waals surface area contributed by atoms with Gasteiger partial charge < -0.3 is 10.1 Å². The Balaban J connectivity index is 2.67. The van der Waals surface area contributed by atoms with Crippen LogP contribution in [0.1, 0.15) is 59.3 Å². The van der Waals surface area contributed by atoms with Crippen molar-refractivity contribution in [3.8, 4) is 0 Å². The van der Waals surface area contributed by atoms with Crippen LogP contribution in [-0.2, 0) is 4.74 Å². The van der Waals surface area contributed by atoms with Crippen LogP contribution >= 0.6 is 0 Å². The fraction of sp³-hybridized carbons (Fsp3) is 1.00. The van der Waals surface area contributed by atoms with Crippen LogP contribution in [0.15, 0.2) is 0 Å². The van der Waals surface area contributed by atoms with Crippen molar-refractivity contribution in [3.63, 3.8) is 0 Å². The summed E-state index contributed by atoms with van der Waals surface area (Å²) in [6.45, 7) is 11.2. The zero-order valence-electron chi connectivity index (χ0n) is 13.5. The molecule has 0 saturated carbocycles. The van der Waals surface area contributed by atoms with E-state index in [1.54, 1.807) is 7.11 Å². The first-order valence-corrected chi connectivity index (χ1v) is 8.19. The Morgan fingerprint density at radius 1 is 1.26 bits per heavy atom. The van der Waals surface area contributed by atoms with Gasteiger partial charge >= 0.3 is 0 Å². The van der Waals surface area contributed by atoms with E-state index in [9.17, 15) is 0 Å². The number of nitrogens with one attached hydrogen (secondary N) is 1. The number of hydrogen-bond acceptors (Lipinski definition) is 3. The number of ether oxygens (including phenoxy) is 1. The van der Waals surface area contributed by atoms with Gasteiger partial charge in [-0.2, -0.15) is 0 Å². The van der Waals surface area contributed by atoms with Gasteiger partial charge in [-0.3, -0.25) is 4.90 Å². The summed E-state index contributed by atoms with van der Waals surface area (Å²) < 4.78 is 5.31. The maximum absolute atomic E-state index is 5.31. The second-order valence-corrected chi connectivity index (χ2v) is 5.99. The van der Waals surface area contributed by atoms with Gasteiger partial charge in [0, 0.05) is 31.8 Å². The lowest BCUT2D eigenvalue weighted by Crippen LogP contribution is -2.53. The highest BCUT2D eigenvalue weighted by Gasteiger charge is 2.35. The van der Waals surface area contributed by atoms with Crippen molar-refractivity contribution in [2.24, 2.45) is 0 Å². The molecule has 1 heterocycles. The highest BCUT2D eigenvalue weighted by Crippen LogP contribution is 2.27. The molecule has 114 valence electrons. The van der Waals surface area contributed by atoms with Crippen LogP contribution in [0.4, 0.5) is 0 Å². The molecular weight excluding hydrogens is 236 g/mol. The van der Waals surface area contributed by atoms with E-state index in [2.05, 4.69) is 31.0 Å². The second kappa shape index (κ2) is 8.93. The van der Waals surface area contributed by atoms with Crippen LogP contribution in [0, 0.1) is 0 Å². The average Bonchev–Trinajstić information content (AvgIpc) is 2.86. The Labute approximate surface area is 120 Å². The molecular formula is C16H34N2O. The molecule has 1 atom stereocenters. The van der Waals surface area contributed by atoms with Crippen LogP contribution in [0.25, 0.3) is 0 Å². The molecule has 0 amide bonds. The predicted octanol–water partition coefficient (Wildman–Crippen LogP) is 3.05. The first-order chi connectivity index (χ1) is 9.21. The van der Waals surface area contributed by atoms with Crippen molar-refractivity contribution < 1.29 is 4.74 Å². The highest BCUT2D eigenvalue weighted by molar-refractivity contribution is 4.96. The molecule has 19 heavy (non-hydrogen) atoms. The smallest absolute Gasteiger partial charge is 0.0589 e. The van der Waals surface area contributed by atoms with E-state index in [0.717, 1.165) is 13.2 Å². The summed E-state index contributed by atoms with van der Waals surface area (Å²) in [6, 6.07) is 0.700. The molecule has 1 aliphatic rings. The van der Waals surface area contributed by atoms with E-state index in [-0.39, 0.29) is 0 Å². The molecule has 0 aliphatic carbocycles. The largest absolute Gasteiger partial charge is 0.383 e. The average molecular weight is 270 g/mol. The molecule has 3 heteroatoms. The predicted molar refractivity (Wildman–Crippen MR) is 82.7 cm³/mol. The normalized spacial score (nSPS) is 23.7. The molecule has 1 fully saturated rings. The van der Waals surface area contributed by atoms with Crippen molar-refractivity contribution in [1.29, 1.82) is 0 Å². The molecule has 1 saturated heterocycles. The van der Waals surface area contributed by atoms with E-state index >= 15 is 0 Å². The van der Waals surface area contributed by atoms with Gasteiger partial charge in [0.1, 0.15) is 0 Å². The number of methoxy groups -OCH3 is 1. The molecule has 1 rings (SSSR count). The molecule has 1 N–H and O–H groups in total. The first kappa shape index (κ1) is 16.9. The summed E-state index contributed by atoms with van der Waals surface area (Å²) in [5, 5.41) is 3.80. The molecule has 1 aliphatic heterocycles. The van der Waals surface area contributed by atoms with E-state index in [1.807, 2.05) is 0 Å². The van der Waals surface area contributed by atoms with Crippen molar-refractivity contribution >= 4 is 0 Å². The molecule has 0 aromatic rings. The van der Waals surface area contributed by atoms with E-state index < -0.39 is 0 Å². The highest BCUT2D eigenvalue weighted by atomic mass is 16.5. The van der Waals surface area contributed by atoms with Crippen LogP contribution in [0.2, 0.25) is 0 Å². The second-order valence-electron chi connectivity index (χ2n) is 5.99. The van der Waals surface area contributed by atoms with Crippen LogP contribution in [-0.4, -0.2) is 49.8 Å². The topological polar surface area (TPSA) is 24.5 Å². The molecule has 0 bridgehead atoms. The van der Waals surface area contributed by atoms with E-state index in [0.29, 0.717) is 11.6 Å². The van der Waals surface area contributed by atoms with Gasteiger partial charge in [0.2, 0.25) is 0 Å². The standard InChI is InChI=1S/C16H34N2O/c1-5-9-16(10-8-11-17-16)14-18(12-13-19-4)15(6-2)7-3/h15,17H,5-14H2,1-4H3. The van der Waals surface area contributed by atoms with E-state index in [4.69, 9.17) is 4.74 Å². The fourth-order valence-corrected chi connectivity index (χ4v) is 3.57. The molecule has 0 aromatic carbocycles. The third-order valence-corrected chi connectivity index (χ3v) is 4.61. The Morgan fingerprint density at radius 2 is 2.00 bits per heavy atom. The monoisotopic (exact) mass is 270 g/mol. The van der Waals surface area contributed by atoms with Crippen molar-refractivity contribution in [2.75, 3.05) is 33.4 Å². The Kier molecular flexibility index (Phi) is 7.96. The van der Waals surface area contributed by atoms with Gasteiger partial charge in [0.25, 0.3) is 0 Å². The Hall–Kier alpha value is -0.120. The molecule has 0 aromatic heterocycles. The van der Waals surface area contributed by atoms with Gasteiger partial charge in [-0.15, -0.1) is 0 Å². The van der Waals surface area contributed by atoms with Crippen molar-refractivity contribution in [2.45, 2.75) is 70.9 Å². The van der Waals surface area contributed by atoms with Gasteiger partial charge in [-0.25, -0.2) is 0 Å². The van der Waals surface area contributed by atoms with Gasteiger partial charge in [0.05, 0.1) is 6.61 Å². The SMILES string of the molecule is CCCC1(CN(CCOC)C(CC)CC)CCCN1. The zero-order valence-corrected chi connectivity index (χ0v) is 13.5. The maximum Gasteiger partial charge on any atom is 0.0589 e. The zero-order chi connectivity index (χ0) is 14.1. The lowest BCUT2D eigenvalue weighted by atomic mass is 9.90. The maximum atomic E-state index is 5.31. The van der Waals surface area contributed by atoms with Gasteiger partial charge in [0.15, 0.2) is 0 Å². The lowest BCUT2D eigenvalue weighted by molar-refractivity contribution is 0.0867. The van der Waals surface area contributed by atoms with Crippen LogP contribution in [0.5, 0.6) is 0 Å².